The Morgan fingerprint density at radius 1 is 0.844 bits per heavy atom. The smallest absolute Gasteiger partial charge is 0.265 e. The molecule has 0 radical (unpaired) electrons. The average molecular weight is 431 g/mol. The molecule has 0 aromatic heterocycles. The van der Waals surface area contributed by atoms with Crippen molar-refractivity contribution in [3.05, 3.63) is 84.4 Å². The van der Waals surface area contributed by atoms with Crippen molar-refractivity contribution in [1.82, 2.24) is 5.32 Å². The van der Waals surface area contributed by atoms with Crippen molar-refractivity contribution in [3.8, 4) is 16.9 Å². The van der Waals surface area contributed by atoms with Crippen molar-refractivity contribution < 1.29 is 14.3 Å². The van der Waals surface area contributed by atoms with Crippen molar-refractivity contribution in [2.45, 2.75) is 45.8 Å². The molecule has 3 rings (SSSR count). The molecule has 3 aromatic carbocycles. The van der Waals surface area contributed by atoms with Crippen LogP contribution in [0.15, 0.2) is 78.9 Å². The molecule has 0 spiro atoms. The number of rotatable bonds is 7. The molecule has 1 atom stereocenters. The van der Waals surface area contributed by atoms with Gasteiger partial charge in [0.25, 0.3) is 11.8 Å². The summed E-state index contributed by atoms with van der Waals surface area (Å²) in [5.41, 5.74) is 3.06. The Labute approximate surface area is 189 Å². The summed E-state index contributed by atoms with van der Waals surface area (Å²) in [5, 5.41) is 5.79. The van der Waals surface area contributed by atoms with Crippen molar-refractivity contribution in [2.75, 3.05) is 5.32 Å². The Kier molecular flexibility index (Phi) is 7.31. The maximum atomic E-state index is 12.7. The third kappa shape index (κ3) is 6.45. The number of nitrogens with one attached hydrogen (secondary N) is 2. The summed E-state index contributed by atoms with van der Waals surface area (Å²) < 4.78 is 5.93. The average Bonchev–Trinajstić information content (AvgIpc) is 2.77. The van der Waals surface area contributed by atoms with Crippen LogP contribution in [0.25, 0.3) is 11.1 Å². The number of carbonyl (C=O) groups excluding carboxylic acids is 2. The number of anilines is 1. The maximum absolute atomic E-state index is 12.7. The van der Waals surface area contributed by atoms with Crippen molar-refractivity contribution in [2.24, 2.45) is 0 Å². The van der Waals surface area contributed by atoms with E-state index >= 15 is 0 Å². The summed E-state index contributed by atoms with van der Waals surface area (Å²) >= 11 is 0. The molecule has 32 heavy (non-hydrogen) atoms. The van der Waals surface area contributed by atoms with E-state index in [-0.39, 0.29) is 17.4 Å². The van der Waals surface area contributed by atoms with Crippen LogP contribution in [0, 0.1) is 0 Å². The molecule has 3 aromatic rings. The van der Waals surface area contributed by atoms with E-state index in [1.54, 1.807) is 24.3 Å². The number of hydrogen-bond acceptors (Lipinski definition) is 3. The highest BCUT2D eigenvalue weighted by atomic mass is 16.5. The van der Waals surface area contributed by atoms with Gasteiger partial charge < -0.3 is 15.4 Å². The van der Waals surface area contributed by atoms with E-state index in [4.69, 9.17) is 4.74 Å². The van der Waals surface area contributed by atoms with Gasteiger partial charge in [0.2, 0.25) is 0 Å². The van der Waals surface area contributed by atoms with Gasteiger partial charge in [-0.05, 0) is 74.7 Å². The first-order valence-electron chi connectivity index (χ1n) is 10.8. The zero-order valence-corrected chi connectivity index (χ0v) is 19.0. The lowest BCUT2D eigenvalue weighted by Gasteiger charge is -2.20. The molecule has 5 nitrogen and oxygen atoms in total. The van der Waals surface area contributed by atoms with Crippen molar-refractivity contribution in [1.29, 1.82) is 0 Å². The van der Waals surface area contributed by atoms with Gasteiger partial charge in [0.15, 0.2) is 6.10 Å². The lowest BCUT2D eigenvalue weighted by Crippen LogP contribution is -2.40. The predicted molar refractivity (Wildman–Crippen MR) is 129 cm³/mol. The first kappa shape index (κ1) is 23.1. The second-order valence-electron chi connectivity index (χ2n) is 8.68. The lowest BCUT2D eigenvalue weighted by atomic mass is 10.1. The Bertz CT molecular complexity index is 1040. The largest absolute Gasteiger partial charge is 0.481 e. The van der Waals surface area contributed by atoms with E-state index < -0.39 is 6.10 Å². The quantitative estimate of drug-likeness (QED) is 0.507. The van der Waals surface area contributed by atoms with Crippen LogP contribution >= 0.6 is 0 Å². The van der Waals surface area contributed by atoms with E-state index in [0.29, 0.717) is 23.4 Å². The van der Waals surface area contributed by atoms with Crippen LogP contribution in [0.1, 0.15) is 44.5 Å². The fourth-order valence-corrected chi connectivity index (χ4v) is 3.18. The normalized spacial score (nSPS) is 12.0. The van der Waals surface area contributed by atoms with E-state index in [1.807, 2.05) is 70.2 Å². The monoisotopic (exact) mass is 430 g/mol. The van der Waals surface area contributed by atoms with Crippen LogP contribution in [0.5, 0.6) is 5.75 Å². The minimum atomic E-state index is -0.624. The second kappa shape index (κ2) is 10.1. The molecule has 2 amide bonds. The number of carbonyl (C=O) groups is 2. The topological polar surface area (TPSA) is 67.4 Å². The van der Waals surface area contributed by atoms with Gasteiger partial charge in [-0.2, -0.15) is 0 Å². The first-order valence-corrected chi connectivity index (χ1v) is 10.8. The summed E-state index contributed by atoms with van der Waals surface area (Å²) in [7, 11) is 0. The highest BCUT2D eigenvalue weighted by molar-refractivity contribution is 5.97. The molecule has 0 saturated carbocycles. The molecular weight excluding hydrogens is 400 g/mol. The van der Waals surface area contributed by atoms with Crippen LogP contribution in [-0.4, -0.2) is 23.5 Å². The highest BCUT2D eigenvalue weighted by Crippen LogP contribution is 2.23. The Balaban J connectivity index is 1.60. The zero-order chi connectivity index (χ0) is 23.1. The maximum Gasteiger partial charge on any atom is 0.265 e. The van der Waals surface area contributed by atoms with Crippen LogP contribution in [0.4, 0.5) is 5.69 Å². The van der Waals surface area contributed by atoms with Gasteiger partial charge in [-0.25, -0.2) is 0 Å². The van der Waals surface area contributed by atoms with Crippen molar-refractivity contribution in [3.63, 3.8) is 0 Å². The molecule has 0 heterocycles. The summed E-state index contributed by atoms with van der Waals surface area (Å²) in [4.78, 5) is 25.0. The second-order valence-corrected chi connectivity index (χ2v) is 8.68. The van der Waals surface area contributed by atoms with Crippen LogP contribution < -0.4 is 15.4 Å². The molecule has 2 N–H and O–H groups in total. The minimum absolute atomic E-state index is 0.149. The molecule has 0 fully saturated rings. The first-order chi connectivity index (χ1) is 15.2. The van der Waals surface area contributed by atoms with Crippen LogP contribution in [0.3, 0.4) is 0 Å². The molecule has 0 aliphatic heterocycles. The van der Waals surface area contributed by atoms with Crippen LogP contribution in [-0.2, 0) is 4.79 Å². The van der Waals surface area contributed by atoms with Gasteiger partial charge >= 0.3 is 0 Å². The molecule has 5 heteroatoms. The summed E-state index contributed by atoms with van der Waals surface area (Å²) in [5.74, 6) is 0.261. The van der Waals surface area contributed by atoms with Crippen LogP contribution in [0.2, 0.25) is 0 Å². The molecule has 166 valence electrons. The van der Waals surface area contributed by atoms with E-state index in [9.17, 15) is 9.59 Å². The lowest BCUT2D eigenvalue weighted by molar-refractivity contribution is -0.122. The van der Waals surface area contributed by atoms with Crippen molar-refractivity contribution >= 4 is 17.5 Å². The van der Waals surface area contributed by atoms with E-state index in [1.165, 1.54) is 0 Å². The summed E-state index contributed by atoms with van der Waals surface area (Å²) in [6, 6.07) is 24.6. The third-order valence-electron chi connectivity index (χ3n) is 4.81. The Morgan fingerprint density at radius 2 is 1.44 bits per heavy atom. The standard InChI is InChI=1S/C27H30N2O3/c1-5-24(32-23-17-13-20(14-18-23)19-9-7-6-8-10-19)26(31)28-22-15-11-21(12-16-22)25(30)29-27(2,3)4/h6-18,24H,5H2,1-4H3,(H,28,31)(H,29,30). The molecule has 1 unspecified atom stereocenters. The molecule has 0 saturated heterocycles. The molecule has 0 aliphatic carbocycles. The van der Waals surface area contributed by atoms with Gasteiger partial charge in [-0.1, -0.05) is 49.4 Å². The van der Waals surface area contributed by atoms with Gasteiger partial charge in [-0.3, -0.25) is 9.59 Å². The van der Waals surface area contributed by atoms with Gasteiger partial charge in [0.05, 0.1) is 0 Å². The zero-order valence-electron chi connectivity index (χ0n) is 19.0. The number of amides is 2. The van der Waals surface area contributed by atoms with Gasteiger partial charge in [-0.15, -0.1) is 0 Å². The molecule has 0 bridgehead atoms. The molecule has 0 aliphatic rings. The third-order valence-corrected chi connectivity index (χ3v) is 4.81. The SMILES string of the molecule is CCC(Oc1ccc(-c2ccccc2)cc1)C(=O)Nc1ccc(C(=O)NC(C)(C)C)cc1. The number of ether oxygens (including phenoxy) is 1. The van der Waals surface area contributed by atoms with E-state index in [2.05, 4.69) is 22.8 Å². The Morgan fingerprint density at radius 3 is 2.00 bits per heavy atom. The summed E-state index contributed by atoms with van der Waals surface area (Å²) in [6.45, 7) is 7.70. The Hall–Kier alpha value is -3.60. The highest BCUT2D eigenvalue weighted by Gasteiger charge is 2.19. The summed E-state index contributed by atoms with van der Waals surface area (Å²) in [6.07, 6.45) is -0.0975. The minimum Gasteiger partial charge on any atom is -0.481 e. The molecular formula is C27H30N2O3. The number of benzene rings is 3. The predicted octanol–water partition coefficient (Wildman–Crippen LogP) is 5.68. The van der Waals surface area contributed by atoms with Gasteiger partial charge in [0, 0.05) is 16.8 Å². The van der Waals surface area contributed by atoms with E-state index in [0.717, 1.165) is 11.1 Å². The number of hydrogen-bond donors (Lipinski definition) is 2. The van der Waals surface area contributed by atoms with Gasteiger partial charge in [0.1, 0.15) is 5.75 Å². The fourth-order valence-electron chi connectivity index (χ4n) is 3.18. The fraction of sp³-hybridized carbons (Fsp3) is 0.259.